The van der Waals surface area contributed by atoms with Crippen LogP contribution in [0.4, 0.5) is 4.39 Å². The Morgan fingerprint density at radius 2 is 1.97 bits per heavy atom. The first-order valence-electron chi connectivity index (χ1n) is 11.6. The lowest BCUT2D eigenvalue weighted by Crippen LogP contribution is -2.40. The molecule has 6 nitrogen and oxygen atoms in total. The number of benzene rings is 2. The first-order chi connectivity index (χ1) is 16.4. The van der Waals surface area contributed by atoms with E-state index in [-0.39, 0.29) is 17.5 Å². The summed E-state index contributed by atoms with van der Waals surface area (Å²) in [7, 11) is 1.90. The van der Waals surface area contributed by atoms with Gasteiger partial charge in [-0.25, -0.2) is 4.39 Å². The van der Waals surface area contributed by atoms with Gasteiger partial charge in [-0.15, -0.1) is 0 Å². The predicted octanol–water partition coefficient (Wildman–Crippen LogP) is 5.72. The van der Waals surface area contributed by atoms with Crippen molar-refractivity contribution < 1.29 is 13.9 Å². The predicted molar refractivity (Wildman–Crippen MR) is 130 cm³/mol. The maximum Gasteiger partial charge on any atom is 0.254 e. The molecule has 0 spiro atoms. The van der Waals surface area contributed by atoms with Crippen LogP contribution in [-0.4, -0.2) is 26.7 Å². The molecule has 1 amide bonds. The van der Waals surface area contributed by atoms with Crippen LogP contribution >= 0.6 is 0 Å². The quantitative estimate of drug-likeness (QED) is 0.401. The number of aromatic nitrogens is 3. The van der Waals surface area contributed by atoms with Crippen LogP contribution in [0.5, 0.6) is 11.5 Å². The van der Waals surface area contributed by atoms with Crippen molar-refractivity contribution >= 4 is 16.8 Å². The van der Waals surface area contributed by atoms with Gasteiger partial charge >= 0.3 is 0 Å². The Kier molecular flexibility index (Phi) is 5.77. The van der Waals surface area contributed by atoms with Gasteiger partial charge in [0.1, 0.15) is 17.3 Å². The van der Waals surface area contributed by atoms with Gasteiger partial charge in [-0.05, 0) is 68.5 Å². The van der Waals surface area contributed by atoms with E-state index in [0.29, 0.717) is 34.7 Å². The number of rotatable bonds is 6. The van der Waals surface area contributed by atoms with E-state index >= 15 is 4.39 Å². The van der Waals surface area contributed by atoms with Crippen molar-refractivity contribution in [2.45, 2.75) is 45.6 Å². The normalized spacial score (nSPS) is 13.6. The molecule has 5 rings (SSSR count). The molecule has 1 aliphatic carbocycles. The Bertz CT molecular complexity index is 1390. The van der Waals surface area contributed by atoms with Gasteiger partial charge in [0.25, 0.3) is 5.91 Å². The number of nitrogens with zero attached hydrogens (tertiary/aromatic N) is 3. The molecule has 4 aromatic rings. The lowest BCUT2D eigenvalue weighted by atomic mass is 9.92. The molecule has 0 aliphatic heterocycles. The van der Waals surface area contributed by atoms with E-state index in [2.05, 4.69) is 15.4 Å². The summed E-state index contributed by atoms with van der Waals surface area (Å²) in [6.07, 6.45) is 5.19. The van der Waals surface area contributed by atoms with E-state index in [4.69, 9.17) is 4.74 Å². The minimum atomic E-state index is -0.531. The maximum absolute atomic E-state index is 15.1. The maximum atomic E-state index is 15.1. The Morgan fingerprint density at radius 3 is 2.71 bits per heavy atom. The molecular weight excluding hydrogens is 431 g/mol. The summed E-state index contributed by atoms with van der Waals surface area (Å²) in [4.78, 5) is 17.1. The number of hydrogen-bond acceptors (Lipinski definition) is 4. The zero-order chi connectivity index (χ0) is 23.8. The fraction of sp³-hybridized carbons (Fsp3) is 0.296. The number of carbonyl (C=O) groups excluding carboxylic acids is 1. The number of pyridine rings is 1. The second-order valence-corrected chi connectivity index (χ2v) is 8.81. The van der Waals surface area contributed by atoms with Crippen LogP contribution < -0.4 is 10.1 Å². The number of aryl methyl sites for hydroxylation is 3. The third-order valence-corrected chi connectivity index (χ3v) is 6.49. The molecule has 1 N–H and O–H groups in total. The molecule has 1 fully saturated rings. The van der Waals surface area contributed by atoms with Crippen LogP contribution in [0.3, 0.4) is 0 Å². The van der Waals surface area contributed by atoms with Crippen molar-refractivity contribution in [3.05, 3.63) is 71.3 Å². The van der Waals surface area contributed by atoms with Gasteiger partial charge in [-0.3, -0.25) is 14.5 Å². The second-order valence-electron chi connectivity index (χ2n) is 8.81. The van der Waals surface area contributed by atoms with Crippen molar-refractivity contribution in [2.75, 3.05) is 0 Å². The number of amides is 1. The molecule has 34 heavy (non-hydrogen) atoms. The molecule has 2 aromatic carbocycles. The van der Waals surface area contributed by atoms with Gasteiger partial charge < -0.3 is 10.1 Å². The molecule has 2 aromatic heterocycles. The van der Waals surface area contributed by atoms with E-state index in [1.165, 1.54) is 6.07 Å². The van der Waals surface area contributed by atoms with Crippen LogP contribution in [0.1, 0.15) is 47.8 Å². The van der Waals surface area contributed by atoms with Gasteiger partial charge in [0.2, 0.25) is 0 Å². The third-order valence-electron chi connectivity index (χ3n) is 6.49. The first kappa shape index (κ1) is 22.1. The minimum absolute atomic E-state index is 0.130. The van der Waals surface area contributed by atoms with E-state index < -0.39 is 5.82 Å². The number of halogens is 1. The van der Waals surface area contributed by atoms with Gasteiger partial charge in [-0.1, -0.05) is 6.92 Å². The van der Waals surface area contributed by atoms with E-state index in [1.54, 1.807) is 18.3 Å². The summed E-state index contributed by atoms with van der Waals surface area (Å²) in [5.74, 6) is 0.400. The SMILES string of the molecule is CCc1cc(-c2cc(Oc3ccc4c(C)nn(C)c4c3)ccn2)cc(F)c1C(=O)NC1CCC1. The van der Waals surface area contributed by atoms with Crippen molar-refractivity contribution in [1.29, 1.82) is 0 Å². The highest BCUT2D eigenvalue weighted by Gasteiger charge is 2.24. The van der Waals surface area contributed by atoms with Crippen LogP contribution in [-0.2, 0) is 13.5 Å². The standard InChI is InChI=1S/C27H27FN4O2/c1-4-17-12-18(13-23(28)26(17)27(33)30-19-6-5-7-19)24-14-21(10-11-29-24)34-20-8-9-22-16(2)31-32(3)25(22)15-20/h8-15,19H,4-7H2,1-3H3,(H,30,33). The Morgan fingerprint density at radius 1 is 1.18 bits per heavy atom. The number of hydrogen-bond donors (Lipinski definition) is 1. The van der Waals surface area contributed by atoms with Crippen molar-refractivity contribution in [3.8, 4) is 22.8 Å². The Labute approximate surface area is 197 Å². The van der Waals surface area contributed by atoms with Crippen LogP contribution in [0.25, 0.3) is 22.2 Å². The monoisotopic (exact) mass is 458 g/mol. The lowest BCUT2D eigenvalue weighted by molar-refractivity contribution is 0.0912. The lowest BCUT2D eigenvalue weighted by Gasteiger charge is -2.27. The number of nitrogens with one attached hydrogen (secondary N) is 1. The number of fused-ring (bicyclic) bond motifs is 1. The highest BCUT2D eigenvalue weighted by Crippen LogP contribution is 2.31. The average Bonchev–Trinajstić information content (AvgIpc) is 3.08. The summed E-state index contributed by atoms with van der Waals surface area (Å²) < 4.78 is 23.0. The fourth-order valence-electron chi connectivity index (χ4n) is 4.40. The molecule has 1 aliphatic rings. The molecule has 0 unspecified atom stereocenters. The smallest absolute Gasteiger partial charge is 0.254 e. The van der Waals surface area contributed by atoms with Crippen molar-refractivity contribution in [2.24, 2.45) is 7.05 Å². The van der Waals surface area contributed by atoms with Crippen molar-refractivity contribution in [1.82, 2.24) is 20.1 Å². The summed E-state index contributed by atoms with van der Waals surface area (Å²) in [5.41, 5.74) is 3.93. The average molecular weight is 459 g/mol. The zero-order valence-electron chi connectivity index (χ0n) is 19.6. The molecule has 0 radical (unpaired) electrons. The summed E-state index contributed by atoms with van der Waals surface area (Å²) in [6, 6.07) is 12.8. The Balaban J connectivity index is 1.43. The molecule has 174 valence electrons. The fourth-order valence-corrected chi connectivity index (χ4v) is 4.40. The highest BCUT2D eigenvalue weighted by molar-refractivity contribution is 5.97. The van der Waals surface area contributed by atoms with Crippen molar-refractivity contribution in [3.63, 3.8) is 0 Å². The molecule has 2 heterocycles. The van der Waals surface area contributed by atoms with E-state index in [1.807, 2.05) is 49.8 Å². The molecule has 1 saturated carbocycles. The zero-order valence-corrected chi connectivity index (χ0v) is 19.6. The summed E-state index contributed by atoms with van der Waals surface area (Å²) in [6.45, 7) is 3.89. The minimum Gasteiger partial charge on any atom is -0.457 e. The molecular formula is C27H27FN4O2. The van der Waals surface area contributed by atoms with Crippen LogP contribution in [0.15, 0.2) is 48.7 Å². The second kappa shape index (κ2) is 8.89. The van der Waals surface area contributed by atoms with Crippen LogP contribution in [0.2, 0.25) is 0 Å². The van der Waals surface area contributed by atoms with Gasteiger partial charge in [0, 0.05) is 42.4 Å². The molecule has 7 heteroatoms. The third kappa shape index (κ3) is 4.14. The summed E-state index contributed by atoms with van der Waals surface area (Å²) >= 11 is 0. The Hall–Kier alpha value is -3.74. The topological polar surface area (TPSA) is 69.0 Å². The van der Waals surface area contributed by atoms with Gasteiger partial charge in [0.15, 0.2) is 0 Å². The largest absolute Gasteiger partial charge is 0.457 e. The number of carbonyl (C=O) groups is 1. The highest BCUT2D eigenvalue weighted by atomic mass is 19.1. The molecule has 0 atom stereocenters. The van der Waals surface area contributed by atoms with Gasteiger partial charge in [-0.2, -0.15) is 5.10 Å². The summed E-state index contributed by atoms with van der Waals surface area (Å²) in [5, 5.41) is 8.47. The van der Waals surface area contributed by atoms with Crippen LogP contribution in [0, 0.1) is 12.7 Å². The molecule has 0 bridgehead atoms. The van der Waals surface area contributed by atoms with E-state index in [0.717, 1.165) is 35.9 Å². The first-order valence-corrected chi connectivity index (χ1v) is 11.6. The number of ether oxygens (including phenoxy) is 1. The molecule has 0 saturated heterocycles. The van der Waals surface area contributed by atoms with Gasteiger partial charge in [0.05, 0.1) is 22.5 Å². The van der Waals surface area contributed by atoms with E-state index in [9.17, 15) is 4.79 Å².